The summed E-state index contributed by atoms with van der Waals surface area (Å²) < 4.78 is 12.7. The quantitative estimate of drug-likeness (QED) is 0.214. The van der Waals surface area contributed by atoms with E-state index in [-0.39, 0.29) is 23.1 Å². The number of esters is 2. The topological polar surface area (TPSA) is 52.6 Å². The first kappa shape index (κ1) is 24.5. The molecule has 0 heterocycles. The molecule has 13 atom stereocenters. The molecule has 202 valence electrons. The molecule has 0 radical (unpaired) electrons. The molecule has 0 aliphatic heterocycles. The van der Waals surface area contributed by atoms with Gasteiger partial charge >= 0.3 is 11.9 Å². The second-order valence-corrected chi connectivity index (χ2v) is 14.5. The van der Waals surface area contributed by atoms with Crippen molar-refractivity contribution < 1.29 is 19.1 Å². The molecule has 37 heavy (non-hydrogen) atoms. The van der Waals surface area contributed by atoms with Gasteiger partial charge in [0.25, 0.3) is 0 Å². The Hall–Kier alpha value is -1.58. The minimum Gasteiger partial charge on any atom is -0.455 e. The minimum absolute atomic E-state index is 0.0594. The number of carbonyl (C=O) groups excluding carboxylic acids is 2. The predicted molar refractivity (Wildman–Crippen MR) is 142 cm³/mol. The van der Waals surface area contributed by atoms with E-state index in [1.54, 1.807) is 6.92 Å². The normalized spacial score (nSPS) is 52.1. The molecule has 0 aromatic carbocycles. The number of carbonyl (C=O) groups is 2. The van der Waals surface area contributed by atoms with Gasteiger partial charge in [-0.1, -0.05) is 26.5 Å². The average molecular weight is 507 g/mol. The lowest BCUT2D eigenvalue weighted by Gasteiger charge is -2.49. The standard InChI is InChI=1S/C33H46O4/c1-6-32(15-21-13-26(32)24-9-8-23(21)24)37-31(35)18(5)10-19-11-20-12-25(19)29-27-14-22(28(20)29)16-33(27,7-2)36-30(34)17(3)4/h10,19-29H,3,6-9,11-16H2,1-2,4-5H3. The van der Waals surface area contributed by atoms with E-state index in [1.807, 2.05) is 6.92 Å². The van der Waals surface area contributed by atoms with Gasteiger partial charge in [-0.05, 0) is 131 Å². The predicted octanol–water partition coefficient (Wildman–Crippen LogP) is 6.89. The number of allylic oxidation sites excluding steroid dienone is 1. The van der Waals surface area contributed by atoms with Crippen molar-refractivity contribution >= 4 is 11.9 Å². The van der Waals surface area contributed by atoms with Gasteiger partial charge < -0.3 is 9.47 Å². The van der Waals surface area contributed by atoms with Crippen LogP contribution in [0.2, 0.25) is 0 Å². The maximum atomic E-state index is 13.5. The van der Waals surface area contributed by atoms with Gasteiger partial charge in [-0.2, -0.15) is 0 Å². The Morgan fingerprint density at radius 2 is 1.43 bits per heavy atom. The molecule has 7 rings (SSSR count). The van der Waals surface area contributed by atoms with Crippen molar-refractivity contribution in [1.29, 1.82) is 0 Å². The van der Waals surface area contributed by atoms with Crippen LogP contribution < -0.4 is 0 Å². The number of ether oxygens (including phenoxy) is 2. The van der Waals surface area contributed by atoms with E-state index in [2.05, 4.69) is 26.5 Å². The summed E-state index contributed by atoms with van der Waals surface area (Å²) in [6.45, 7) is 12.0. The minimum atomic E-state index is -0.316. The van der Waals surface area contributed by atoms with E-state index in [9.17, 15) is 9.59 Å². The van der Waals surface area contributed by atoms with Crippen LogP contribution in [-0.4, -0.2) is 23.1 Å². The van der Waals surface area contributed by atoms with Crippen molar-refractivity contribution in [2.45, 2.75) is 103 Å². The lowest BCUT2D eigenvalue weighted by atomic mass is 9.60. The Balaban J connectivity index is 1.07. The van der Waals surface area contributed by atoms with Crippen molar-refractivity contribution in [3.63, 3.8) is 0 Å². The molecule has 6 bridgehead atoms. The summed E-state index contributed by atoms with van der Waals surface area (Å²) in [6.07, 6.45) is 14.0. The van der Waals surface area contributed by atoms with Crippen LogP contribution in [0.1, 0.15) is 91.9 Å². The van der Waals surface area contributed by atoms with Crippen LogP contribution in [0.25, 0.3) is 0 Å². The van der Waals surface area contributed by atoms with E-state index in [0.717, 1.165) is 60.8 Å². The molecule has 4 nitrogen and oxygen atoms in total. The van der Waals surface area contributed by atoms with Gasteiger partial charge in [-0.25, -0.2) is 9.59 Å². The molecule has 7 saturated carbocycles. The zero-order valence-corrected chi connectivity index (χ0v) is 23.3. The van der Waals surface area contributed by atoms with Crippen LogP contribution in [0.5, 0.6) is 0 Å². The van der Waals surface area contributed by atoms with Crippen molar-refractivity contribution in [1.82, 2.24) is 0 Å². The third-order valence-electron chi connectivity index (χ3n) is 13.3. The van der Waals surface area contributed by atoms with Gasteiger partial charge in [0, 0.05) is 23.0 Å². The summed E-state index contributed by atoms with van der Waals surface area (Å²) in [5.41, 5.74) is 0.802. The first-order valence-corrected chi connectivity index (χ1v) is 15.5. The molecule has 7 aliphatic carbocycles. The number of hydrogen-bond donors (Lipinski definition) is 0. The average Bonchev–Trinajstić information content (AvgIpc) is 3.65. The molecule has 0 aromatic rings. The lowest BCUT2D eigenvalue weighted by molar-refractivity contribution is -0.170. The molecule has 7 aliphatic rings. The van der Waals surface area contributed by atoms with Crippen LogP contribution in [0.3, 0.4) is 0 Å². The maximum Gasteiger partial charge on any atom is 0.333 e. The first-order valence-electron chi connectivity index (χ1n) is 15.5. The van der Waals surface area contributed by atoms with E-state index in [4.69, 9.17) is 9.47 Å². The molecule has 4 heteroatoms. The zero-order valence-electron chi connectivity index (χ0n) is 23.3. The molecule has 0 spiro atoms. The van der Waals surface area contributed by atoms with Gasteiger partial charge in [-0.15, -0.1) is 0 Å². The Labute approximate surface area is 223 Å². The monoisotopic (exact) mass is 506 g/mol. The molecule has 13 unspecified atom stereocenters. The summed E-state index contributed by atoms with van der Waals surface area (Å²) in [5.74, 6) is 7.26. The second-order valence-electron chi connectivity index (χ2n) is 14.5. The summed E-state index contributed by atoms with van der Waals surface area (Å²) in [6, 6.07) is 0. The highest BCUT2D eigenvalue weighted by atomic mass is 16.6. The molecular weight excluding hydrogens is 460 g/mol. The van der Waals surface area contributed by atoms with E-state index >= 15 is 0 Å². The number of fused-ring (bicyclic) bond motifs is 14. The van der Waals surface area contributed by atoms with Crippen molar-refractivity contribution in [2.24, 2.45) is 65.1 Å². The summed E-state index contributed by atoms with van der Waals surface area (Å²) in [4.78, 5) is 26.0. The van der Waals surface area contributed by atoms with Crippen molar-refractivity contribution in [3.05, 3.63) is 23.8 Å². The summed E-state index contributed by atoms with van der Waals surface area (Å²) in [5, 5.41) is 0. The molecular formula is C33H46O4. The Morgan fingerprint density at radius 1 is 0.784 bits per heavy atom. The van der Waals surface area contributed by atoms with Gasteiger partial charge in [-0.3, -0.25) is 0 Å². The maximum absolute atomic E-state index is 13.5. The third-order valence-corrected chi connectivity index (χ3v) is 13.3. The fourth-order valence-electron chi connectivity index (χ4n) is 11.8. The highest BCUT2D eigenvalue weighted by Gasteiger charge is 2.69. The third kappa shape index (κ3) is 3.26. The van der Waals surface area contributed by atoms with Crippen LogP contribution in [0, 0.1) is 65.1 Å². The van der Waals surface area contributed by atoms with Crippen molar-refractivity contribution in [2.75, 3.05) is 0 Å². The van der Waals surface area contributed by atoms with Gasteiger partial charge in [0.15, 0.2) is 0 Å². The van der Waals surface area contributed by atoms with Gasteiger partial charge in [0.05, 0.1) is 0 Å². The van der Waals surface area contributed by atoms with E-state index in [1.165, 1.54) is 38.5 Å². The van der Waals surface area contributed by atoms with E-state index < -0.39 is 0 Å². The molecule has 0 N–H and O–H groups in total. The smallest absolute Gasteiger partial charge is 0.333 e. The Kier molecular flexibility index (Phi) is 5.43. The van der Waals surface area contributed by atoms with Crippen LogP contribution in [0.15, 0.2) is 23.8 Å². The highest BCUT2D eigenvalue weighted by molar-refractivity contribution is 5.88. The molecule has 0 aromatic heterocycles. The van der Waals surface area contributed by atoms with Crippen LogP contribution in [0.4, 0.5) is 0 Å². The highest BCUT2D eigenvalue weighted by Crippen LogP contribution is 2.72. The fraction of sp³-hybridized carbons (Fsp3) is 0.818. The van der Waals surface area contributed by atoms with Crippen molar-refractivity contribution in [3.8, 4) is 0 Å². The SMILES string of the molecule is C=C(C)C(=O)OC1(CC)CC2CC1C1C3CC(CC3C=C(C)C(=O)OC3(CC)CC4CC3C3CCC43)C21. The van der Waals surface area contributed by atoms with Gasteiger partial charge in [0.2, 0.25) is 0 Å². The lowest BCUT2D eigenvalue weighted by Crippen LogP contribution is -2.49. The van der Waals surface area contributed by atoms with Crippen LogP contribution in [-0.2, 0) is 19.1 Å². The number of rotatable bonds is 7. The Morgan fingerprint density at radius 3 is 2.08 bits per heavy atom. The Bertz CT molecular complexity index is 1060. The number of hydrogen-bond acceptors (Lipinski definition) is 4. The largest absolute Gasteiger partial charge is 0.455 e. The summed E-state index contributed by atoms with van der Waals surface area (Å²) >= 11 is 0. The zero-order chi connectivity index (χ0) is 25.9. The fourth-order valence-corrected chi connectivity index (χ4v) is 11.8. The van der Waals surface area contributed by atoms with Crippen LogP contribution >= 0.6 is 0 Å². The molecule has 0 amide bonds. The van der Waals surface area contributed by atoms with E-state index in [0.29, 0.717) is 41.1 Å². The second kappa shape index (κ2) is 8.21. The molecule has 0 saturated heterocycles. The summed E-state index contributed by atoms with van der Waals surface area (Å²) in [7, 11) is 0. The van der Waals surface area contributed by atoms with Gasteiger partial charge in [0.1, 0.15) is 11.2 Å². The molecule has 7 fully saturated rings. The first-order chi connectivity index (χ1) is 17.7.